The summed E-state index contributed by atoms with van der Waals surface area (Å²) in [4.78, 5) is 15.5. The van der Waals surface area contributed by atoms with E-state index in [0.717, 1.165) is 11.1 Å². The number of fused-ring (bicyclic) bond motifs is 3. The summed E-state index contributed by atoms with van der Waals surface area (Å²) in [7, 11) is -3.13. The zero-order valence-corrected chi connectivity index (χ0v) is 21.8. The number of sulfone groups is 1. The Hall–Kier alpha value is -2.49. The molecule has 0 bridgehead atoms. The molecule has 2 aliphatic heterocycles. The molecule has 3 aliphatic rings. The Kier molecular flexibility index (Phi) is 6.64. The molecule has 0 N–H and O–H groups in total. The average Bonchev–Trinajstić information content (AvgIpc) is 3.23. The van der Waals surface area contributed by atoms with Gasteiger partial charge in [0.15, 0.2) is 0 Å². The zero-order valence-electron chi connectivity index (χ0n) is 21.0. The molecule has 0 saturated carbocycles. The molecule has 1 aliphatic carbocycles. The fraction of sp³-hybridized carbons (Fsp3) is 0.536. The van der Waals surface area contributed by atoms with E-state index in [-0.39, 0.29) is 48.0 Å². The van der Waals surface area contributed by atoms with Crippen molar-refractivity contribution >= 4 is 15.7 Å². The summed E-state index contributed by atoms with van der Waals surface area (Å²) in [5.41, 5.74) is -2.33. The molecule has 0 aromatic heterocycles. The Morgan fingerprint density at radius 2 is 1.68 bits per heavy atom. The highest BCUT2D eigenvalue weighted by atomic mass is 32.2. The highest BCUT2D eigenvalue weighted by Gasteiger charge is 2.56. The van der Waals surface area contributed by atoms with Crippen LogP contribution in [0, 0.1) is 11.7 Å². The van der Waals surface area contributed by atoms with Crippen LogP contribution in [-0.4, -0.2) is 49.5 Å². The van der Waals surface area contributed by atoms with E-state index in [0.29, 0.717) is 44.7 Å². The van der Waals surface area contributed by atoms with Crippen molar-refractivity contribution in [3.63, 3.8) is 0 Å². The lowest BCUT2D eigenvalue weighted by atomic mass is 9.63. The molecule has 2 saturated heterocycles. The quantitative estimate of drug-likeness (QED) is 0.474. The van der Waals surface area contributed by atoms with Gasteiger partial charge in [0, 0.05) is 23.9 Å². The van der Waals surface area contributed by atoms with Crippen LogP contribution in [0.1, 0.15) is 54.9 Å². The molecule has 0 spiro atoms. The lowest BCUT2D eigenvalue weighted by Gasteiger charge is -2.44. The van der Waals surface area contributed by atoms with Crippen LogP contribution in [0.2, 0.25) is 0 Å². The Morgan fingerprint density at radius 1 is 1.03 bits per heavy atom. The number of halogens is 5. The molecule has 2 heterocycles. The van der Waals surface area contributed by atoms with Crippen LogP contribution < -0.4 is 0 Å². The molecule has 5 rings (SSSR count). The lowest BCUT2D eigenvalue weighted by Crippen LogP contribution is -2.51. The molecule has 206 valence electrons. The van der Waals surface area contributed by atoms with E-state index in [9.17, 15) is 35.2 Å². The third-order valence-corrected chi connectivity index (χ3v) is 10.6. The summed E-state index contributed by atoms with van der Waals surface area (Å²) >= 11 is 0. The smallest absolute Gasteiger partial charge is 0.339 e. The van der Waals surface area contributed by atoms with E-state index in [2.05, 4.69) is 0 Å². The second-order valence-corrected chi connectivity index (χ2v) is 13.4. The van der Waals surface area contributed by atoms with Crippen molar-refractivity contribution in [2.75, 3.05) is 18.1 Å². The number of alkyl halides is 4. The maximum Gasteiger partial charge on any atom is 0.426 e. The Labute approximate surface area is 219 Å². The summed E-state index contributed by atoms with van der Waals surface area (Å²) in [5, 5.41) is 0. The van der Waals surface area contributed by atoms with Crippen molar-refractivity contribution in [2.24, 2.45) is 5.92 Å². The van der Waals surface area contributed by atoms with Gasteiger partial charge in [-0.2, -0.15) is 13.2 Å². The first-order valence-electron chi connectivity index (χ1n) is 12.9. The summed E-state index contributed by atoms with van der Waals surface area (Å²) in [6, 6.07) is 9.87. The monoisotopic (exact) mass is 555 g/mol. The van der Waals surface area contributed by atoms with Crippen molar-refractivity contribution < 1.29 is 35.2 Å². The van der Waals surface area contributed by atoms with Gasteiger partial charge in [-0.05, 0) is 79.8 Å². The number of rotatable bonds is 4. The number of nitrogens with zero attached hydrogens (tertiary/aromatic N) is 1. The maximum absolute atomic E-state index is 14.8. The highest BCUT2D eigenvalue weighted by molar-refractivity contribution is 7.91. The number of hydrogen-bond donors (Lipinski definition) is 0. The van der Waals surface area contributed by atoms with Crippen LogP contribution in [0.25, 0.3) is 0 Å². The number of likely N-dealkylation sites (tertiary alicyclic amines) is 1. The maximum atomic E-state index is 14.8. The molecule has 2 aromatic rings. The topological polar surface area (TPSA) is 54.5 Å². The minimum atomic E-state index is -5.06. The van der Waals surface area contributed by atoms with E-state index >= 15 is 0 Å². The van der Waals surface area contributed by atoms with E-state index in [1.165, 1.54) is 24.3 Å². The zero-order chi connectivity index (χ0) is 27.5. The van der Waals surface area contributed by atoms with Gasteiger partial charge in [-0.3, -0.25) is 4.79 Å². The van der Waals surface area contributed by atoms with Gasteiger partial charge >= 0.3 is 6.18 Å². The fourth-order valence-corrected chi connectivity index (χ4v) is 8.12. The van der Waals surface area contributed by atoms with Crippen molar-refractivity contribution in [1.29, 1.82) is 0 Å². The van der Waals surface area contributed by atoms with E-state index in [1.807, 2.05) is 4.90 Å². The van der Waals surface area contributed by atoms with Crippen molar-refractivity contribution in [3.05, 3.63) is 70.5 Å². The number of hydrogen-bond acceptors (Lipinski definition) is 3. The van der Waals surface area contributed by atoms with Crippen LogP contribution >= 0.6 is 0 Å². The molecule has 4 nitrogen and oxygen atoms in total. The van der Waals surface area contributed by atoms with Gasteiger partial charge < -0.3 is 4.90 Å². The number of aryl methyl sites for hydroxylation is 1. The molecule has 2 aromatic carbocycles. The van der Waals surface area contributed by atoms with Gasteiger partial charge in [-0.25, -0.2) is 17.2 Å². The molecule has 3 unspecified atom stereocenters. The standard InChI is InChI=1S/C28H30F5NO3S/c1-26(30,28(31,32)33)21-5-8-23-20(16-21)4-9-24-27(23,17-18-2-6-22(29)7-3-18)12-13-34(24)25(35)19-10-14-38(36,37)15-11-19/h2-3,5-8,16,19,24H,4,9-15,17H2,1H3. The normalized spacial score (nSPS) is 26.9. The minimum absolute atomic E-state index is 0.0184. The largest absolute Gasteiger partial charge is 0.426 e. The minimum Gasteiger partial charge on any atom is -0.339 e. The van der Waals surface area contributed by atoms with Gasteiger partial charge in [0.25, 0.3) is 0 Å². The van der Waals surface area contributed by atoms with Crippen LogP contribution in [0.5, 0.6) is 0 Å². The van der Waals surface area contributed by atoms with Crippen molar-refractivity contribution in [1.82, 2.24) is 4.90 Å². The van der Waals surface area contributed by atoms with E-state index < -0.39 is 32.7 Å². The Balaban J connectivity index is 1.53. The van der Waals surface area contributed by atoms with Gasteiger partial charge in [-0.1, -0.05) is 30.3 Å². The Morgan fingerprint density at radius 3 is 2.32 bits per heavy atom. The van der Waals surface area contributed by atoms with Crippen molar-refractivity contribution in [3.8, 4) is 0 Å². The second-order valence-electron chi connectivity index (χ2n) is 11.1. The van der Waals surface area contributed by atoms with Gasteiger partial charge in [0.1, 0.15) is 15.7 Å². The predicted molar refractivity (Wildman–Crippen MR) is 133 cm³/mol. The molecule has 10 heteroatoms. The van der Waals surface area contributed by atoms with Gasteiger partial charge in [-0.15, -0.1) is 0 Å². The summed E-state index contributed by atoms with van der Waals surface area (Å²) in [6.07, 6.45) is -2.64. The first-order chi connectivity index (χ1) is 17.7. The van der Waals surface area contributed by atoms with Crippen LogP contribution in [-0.2, 0) is 38.6 Å². The molecule has 1 amide bonds. The fourth-order valence-electron chi connectivity index (χ4n) is 6.62. The summed E-state index contributed by atoms with van der Waals surface area (Å²) in [6.45, 7) is 0.952. The lowest BCUT2D eigenvalue weighted by molar-refractivity contribution is -0.228. The molecule has 2 fully saturated rings. The van der Waals surface area contributed by atoms with Crippen LogP contribution in [0.15, 0.2) is 42.5 Å². The molecular weight excluding hydrogens is 525 g/mol. The average molecular weight is 556 g/mol. The molecular formula is C28H30F5NO3S. The van der Waals surface area contributed by atoms with Gasteiger partial charge in [0.05, 0.1) is 11.5 Å². The highest BCUT2D eigenvalue weighted by Crippen LogP contribution is 2.51. The molecule has 3 atom stereocenters. The van der Waals surface area contributed by atoms with Gasteiger partial charge in [0.2, 0.25) is 11.6 Å². The summed E-state index contributed by atoms with van der Waals surface area (Å²) in [5.74, 6) is -0.895. The van der Waals surface area contributed by atoms with E-state index in [1.54, 1.807) is 18.2 Å². The third kappa shape index (κ3) is 4.62. The summed E-state index contributed by atoms with van der Waals surface area (Å²) < 4.78 is 92.6. The van der Waals surface area contributed by atoms with Crippen LogP contribution in [0.4, 0.5) is 22.0 Å². The molecule has 38 heavy (non-hydrogen) atoms. The van der Waals surface area contributed by atoms with E-state index in [4.69, 9.17) is 0 Å². The van der Waals surface area contributed by atoms with Crippen molar-refractivity contribution in [2.45, 2.75) is 68.8 Å². The first-order valence-corrected chi connectivity index (χ1v) is 14.7. The second kappa shape index (κ2) is 9.31. The Bertz CT molecular complexity index is 1330. The third-order valence-electron chi connectivity index (χ3n) is 8.84. The number of amides is 1. The predicted octanol–water partition coefficient (Wildman–Crippen LogP) is 5.43. The number of benzene rings is 2. The number of carbonyl (C=O) groups excluding carboxylic acids is 1. The number of carbonyl (C=O) groups is 1. The molecule has 0 radical (unpaired) electrons. The van der Waals surface area contributed by atoms with Crippen LogP contribution in [0.3, 0.4) is 0 Å². The SMILES string of the molecule is CC(F)(c1ccc2c(c1)CCC1N(C(=O)C3CCS(=O)(=O)CC3)CCC21Cc1ccc(F)cc1)C(F)(F)F. The first kappa shape index (κ1) is 27.1.